The first kappa shape index (κ1) is 14.7. The summed E-state index contributed by atoms with van der Waals surface area (Å²) in [5.41, 5.74) is -0.687. The first-order valence-electron chi connectivity index (χ1n) is 7.42. The van der Waals surface area contributed by atoms with Crippen molar-refractivity contribution in [3.63, 3.8) is 0 Å². The van der Waals surface area contributed by atoms with Gasteiger partial charge in [-0.25, -0.2) is 4.39 Å². The fraction of sp³-hybridized carbons (Fsp3) is 0.625. The molecule has 1 aromatic rings. The Morgan fingerprint density at radius 2 is 1.86 bits per heavy atom. The summed E-state index contributed by atoms with van der Waals surface area (Å²) in [6.07, 6.45) is 4.34. The molecule has 3 nitrogen and oxygen atoms in total. The van der Waals surface area contributed by atoms with Gasteiger partial charge in [0.15, 0.2) is 11.6 Å². The van der Waals surface area contributed by atoms with E-state index >= 15 is 0 Å². The molecule has 2 saturated heterocycles. The molecule has 0 saturated carbocycles. The number of halogens is 2. The van der Waals surface area contributed by atoms with Gasteiger partial charge in [0.2, 0.25) is 5.82 Å². The number of fused-ring (bicyclic) bond motifs is 2. The molecule has 116 valence electrons. The Kier molecular flexibility index (Phi) is 3.66. The van der Waals surface area contributed by atoms with Crippen molar-refractivity contribution < 1.29 is 18.6 Å². The zero-order valence-corrected chi connectivity index (χ0v) is 12.4. The summed E-state index contributed by atoms with van der Waals surface area (Å²) < 4.78 is 32.2. The van der Waals surface area contributed by atoms with E-state index < -0.39 is 17.2 Å². The number of methoxy groups -OCH3 is 1. The molecule has 1 aromatic carbocycles. The highest BCUT2D eigenvalue weighted by molar-refractivity contribution is 5.35. The fourth-order valence-electron chi connectivity index (χ4n) is 3.87. The summed E-state index contributed by atoms with van der Waals surface area (Å²) in [6.45, 7) is 0. The third-order valence-electron chi connectivity index (χ3n) is 5.13. The molecule has 2 heterocycles. The first-order valence-corrected chi connectivity index (χ1v) is 7.42. The average Bonchev–Trinajstić information content (AvgIpc) is 2.43. The van der Waals surface area contributed by atoms with Crippen LogP contribution >= 0.6 is 0 Å². The molecule has 3 rings (SSSR count). The van der Waals surface area contributed by atoms with Crippen LogP contribution in [0.15, 0.2) is 12.1 Å². The third-order valence-corrected chi connectivity index (χ3v) is 5.13. The van der Waals surface area contributed by atoms with Gasteiger partial charge in [0.05, 0.1) is 12.7 Å². The number of piperidine rings is 2. The molecular weight excluding hydrogens is 276 g/mol. The van der Waals surface area contributed by atoms with Crippen molar-refractivity contribution in [2.24, 2.45) is 0 Å². The van der Waals surface area contributed by atoms with Gasteiger partial charge in [-0.1, -0.05) is 6.42 Å². The van der Waals surface area contributed by atoms with Gasteiger partial charge in [-0.05, 0) is 50.4 Å². The van der Waals surface area contributed by atoms with E-state index in [0.29, 0.717) is 30.5 Å². The maximum absolute atomic E-state index is 13.7. The molecule has 0 spiro atoms. The zero-order chi connectivity index (χ0) is 15.2. The van der Waals surface area contributed by atoms with Crippen LogP contribution in [0.1, 0.15) is 37.7 Å². The van der Waals surface area contributed by atoms with Crippen LogP contribution in [-0.2, 0) is 5.60 Å². The van der Waals surface area contributed by atoms with Crippen LogP contribution in [0, 0.1) is 11.6 Å². The van der Waals surface area contributed by atoms with Gasteiger partial charge in [-0.15, -0.1) is 0 Å². The van der Waals surface area contributed by atoms with Crippen molar-refractivity contribution >= 4 is 0 Å². The van der Waals surface area contributed by atoms with E-state index in [1.807, 2.05) is 0 Å². The third kappa shape index (κ3) is 2.42. The molecule has 21 heavy (non-hydrogen) atoms. The van der Waals surface area contributed by atoms with E-state index in [-0.39, 0.29) is 5.75 Å². The Balaban J connectivity index is 1.98. The highest BCUT2D eigenvalue weighted by Gasteiger charge is 2.45. The summed E-state index contributed by atoms with van der Waals surface area (Å²) in [5, 5.41) is 11.0. The monoisotopic (exact) mass is 297 g/mol. The molecule has 0 amide bonds. The summed E-state index contributed by atoms with van der Waals surface area (Å²) >= 11 is 0. The van der Waals surface area contributed by atoms with Gasteiger partial charge in [-0.3, -0.25) is 0 Å². The highest BCUT2D eigenvalue weighted by Crippen LogP contribution is 2.44. The molecule has 2 unspecified atom stereocenters. The lowest BCUT2D eigenvalue weighted by atomic mass is 9.73. The lowest BCUT2D eigenvalue weighted by Gasteiger charge is -2.50. The minimum Gasteiger partial charge on any atom is -0.494 e. The Labute approximate surface area is 123 Å². The number of ether oxygens (including phenoxy) is 1. The fourth-order valence-corrected chi connectivity index (χ4v) is 3.87. The van der Waals surface area contributed by atoms with Crippen molar-refractivity contribution in [3.05, 3.63) is 29.3 Å². The van der Waals surface area contributed by atoms with Crippen molar-refractivity contribution in [2.45, 2.75) is 49.8 Å². The second-order valence-electron chi connectivity index (χ2n) is 6.32. The Morgan fingerprint density at radius 1 is 1.24 bits per heavy atom. The van der Waals surface area contributed by atoms with Crippen molar-refractivity contribution in [3.8, 4) is 5.75 Å². The average molecular weight is 297 g/mol. The molecule has 0 radical (unpaired) electrons. The van der Waals surface area contributed by atoms with Crippen LogP contribution in [0.4, 0.5) is 8.78 Å². The normalized spacial score (nSPS) is 33.0. The number of rotatable bonds is 2. The molecule has 5 heteroatoms. The van der Waals surface area contributed by atoms with E-state index in [1.54, 1.807) is 0 Å². The van der Waals surface area contributed by atoms with E-state index in [9.17, 15) is 13.9 Å². The Bertz CT molecular complexity index is 535. The molecule has 0 aliphatic carbocycles. The number of benzene rings is 1. The van der Waals surface area contributed by atoms with Crippen LogP contribution in [0.2, 0.25) is 0 Å². The summed E-state index contributed by atoms with van der Waals surface area (Å²) in [4.78, 5) is 2.31. The van der Waals surface area contributed by atoms with Gasteiger partial charge in [0, 0.05) is 12.1 Å². The van der Waals surface area contributed by atoms with Crippen molar-refractivity contribution in [1.82, 2.24) is 4.90 Å². The van der Waals surface area contributed by atoms with E-state index in [4.69, 9.17) is 4.74 Å². The number of hydrogen-bond acceptors (Lipinski definition) is 3. The number of aliphatic hydroxyl groups is 1. The Hall–Kier alpha value is -1.20. The van der Waals surface area contributed by atoms with Crippen molar-refractivity contribution in [1.29, 1.82) is 0 Å². The minimum absolute atomic E-state index is 0.150. The van der Waals surface area contributed by atoms with Gasteiger partial charge in [0.25, 0.3) is 0 Å². The van der Waals surface area contributed by atoms with Crippen molar-refractivity contribution in [2.75, 3.05) is 14.2 Å². The minimum atomic E-state index is -1.11. The summed E-state index contributed by atoms with van der Waals surface area (Å²) in [7, 11) is 3.38. The SMILES string of the molecule is COc1cc(C2(O)CC3CCCC(C2)N3C)cc(F)c1F. The molecule has 2 aliphatic rings. The van der Waals surface area contributed by atoms with Crippen LogP contribution in [0.5, 0.6) is 5.75 Å². The Morgan fingerprint density at radius 3 is 2.43 bits per heavy atom. The maximum atomic E-state index is 13.7. The van der Waals surface area contributed by atoms with Gasteiger partial charge >= 0.3 is 0 Å². The van der Waals surface area contributed by atoms with Crippen LogP contribution in [0.3, 0.4) is 0 Å². The molecular formula is C16H21F2NO2. The van der Waals surface area contributed by atoms with Crippen LogP contribution < -0.4 is 4.74 Å². The van der Waals surface area contributed by atoms with Gasteiger partial charge in [-0.2, -0.15) is 4.39 Å². The van der Waals surface area contributed by atoms with E-state index in [2.05, 4.69) is 11.9 Å². The van der Waals surface area contributed by atoms with E-state index in [1.165, 1.54) is 13.2 Å². The number of nitrogens with zero attached hydrogens (tertiary/aromatic N) is 1. The summed E-state index contributed by atoms with van der Waals surface area (Å²) in [5.74, 6) is -2.12. The van der Waals surface area contributed by atoms with Crippen LogP contribution in [-0.4, -0.2) is 36.2 Å². The maximum Gasteiger partial charge on any atom is 0.200 e. The molecule has 2 bridgehead atoms. The predicted octanol–water partition coefficient (Wildman–Crippen LogP) is 2.81. The zero-order valence-electron chi connectivity index (χ0n) is 12.4. The standard InChI is InChI=1S/C16H21F2NO2/c1-19-11-4-3-5-12(19)9-16(20,8-11)10-6-13(17)15(18)14(7-10)21-2/h6-7,11-12,20H,3-5,8-9H2,1-2H3. The molecule has 1 N–H and O–H groups in total. The molecule has 2 atom stereocenters. The van der Waals surface area contributed by atoms with Gasteiger partial charge in [0.1, 0.15) is 0 Å². The topological polar surface area (TPSA) is 32.7 Å². The largest absolute Gasteiger partial charge is 0.494 e. The lowest BCUT2D eigenvalue weighted by Crippen LogP contribution is -2.55. The lowest BCUT2D eigenvalue weighted by molar-refractivity contribution is -0.0877. The number of hydrogen-bond donors (Lipinski definition) is 1. The summed E-state index contributed by atoms with van der Waals surface area (Å²) in [6, 6.07) is 3.13. The molecule has 0 aromatic heterocycles. The smallest absolute Gasteiger partial charge is 0.200 e. The first-order chi connectivity index (χ1) is 9.94. The predicted molar refractivity (Wildman–Crippen MR) is 75.2 cm³/mol. The van der Waals surface area contributed by atoms with Crippen LogP contribution in [0.25, 0.3) is 0 Å². The second kappa shape index (κ2) is 5.21. The van der Waals surface area contributed by atoms with Gasteiger partial charge < -0.3 is 14.7 Å². The molecule has 2 fully saturated rings. The second-order valence-corrected chi connectivity index (χ2v) is 6.32. The van der Waals surface area contributed by atoms with E-state index in [0.717, 1.165) is 25.3 Å². The quantitative estimate of drug-likeness (QED) is 0.911. The highest BCUT2D eigenvalue weighted by atomic mass is 19.2. The molecule has 2 aliphatic heterocycles.